The van der Waals surface area contributed by atoms with Gasteiger partial charge in [0.2, 0.25) is 5.78 Å². The fourth-order valence-corrected chi connectivity index (χ4v) is 1.86. The molecule has 82 valence electrons. The van der Waals surface area contributed by atoms with E-state index in [9.17, 15) is 0 Å². The molecule has 16 heavy (non-hydrogen) atoms. The molecule has 3 aromatic rings. The largest absolute Gasteiger partial charge is 0.497 e. The monoisotopic (exact) mass is 216 g/mol. The Labute approximate surface area is 91.8 Å². The molecule has 1 aromatic carbocycles. The van der Waals surface area contributed by atoms with Crippen molar-refractivity contribution in [1.82, 2.24) is 14.4 Å². The lowest BCUT2D eigenvalue weighted by atomic mass is 10.3. The van der Waals surface area contributed by atoms with E-state index in [0.717, 1.165) is 28.3 Å². The Kier molecular flexibility index (Phi) is 1.87. The number of ether oxygens (including phenoxy) is 1. The van der Waals surface area contributed by atoms with Crippen LogP contribution in [-0.4, -0.2) is 21.5 Å². The van der Waals surface area contributed by atoms with Crippen LogP contribution in [0, 0.1) is 0 Å². The van der Waals surface area contributed by atoms with Gasteiger partial charge in [-0.3, -0.25) is 4.40 Å². The fraction of sp³-hybridized carbons (Fsp3) is 0.182. The average Bonchev–Trinajstić information content (AvgIpc) is 2.84. The van der Waals surface area contributed by atoms with Crippen LogP contribution in [0.5, 0.6) is 5.75 Å². The smallest absolute Gasteiger partial charge is 0.212 e. The van der Waals surface area contributed by atoms with Crippen molar-refractivity contribution in [2.45, 2.75) is 6.54 Å². The lowest BCUT2D eigenvalue weighted by molar-refractivity contribution is 0.415. The van der Waals surface area contributed by atoms with Gasteiger partial charge in [0.05, 0.1) is 18.1 Å². The highest BCUT2D eigenvalue weighted by Crippen LogP contribution is 2.21. The molecule has 0 radical (unpaired) electrons. The van der Waals surface area contributed by atoms with Gasteiger partial charge >= 0.3 is 0 Å². The van der Waals surface area contributed by atoms with E-state index in [1.165, 1.54) is 0 Å². The molecule has 3 rings (SSSR count). The first-order valence-electron chi connectivity index (χ1n) is 5.05. The number of hydrogen-bond donors (Lipinski definition) is 2. The van der Waals surface area contributed by atoms with Gasteiger partial charge in [-0.1, -0.05) is 0 Å². The van der Waals surface area contributed by atoms with Crippen molar-refractivity contribution < 1.29 is 4.74 Å². The summed E-state index contributed by atoms with van der Waals surface area (Å²) in [6.45, 7) is 0.487. The number of nitrogens with zero attached hydrogens (tertiary/aromatic N) is 2. The Morgan fingerprint density at radius 2 is 2.38 bits per heavy atom. The first-order valence-corrected chi connectivity index (χ1v) is 5.05. The molecule has 0 aliphatic heterocycles. The SMILES string of the molecule is COc1ccc2c(c1)nc1[nH]c(CN)cn12. The first-order chi connectivity index (χ1) is 7.81. The number of imidazole rings is 2. The van der Waals surface area contributed by atoms with Crippen LogP contribution in [-0.2, 0) is 6.54 Å². The maximum atomic E-state index is 5.57. The number of rotatable bonds is 2. The van der Waals surface area contributed by atoms with Crippen molar-refractivity contribution in [3.63, 3.8) is 0 Å². The molecule has 0 spiro atoms. The van der Waals surface area contributed by atoms with Gasteiger partial charge in [-0.15, -0.1) is 0 Å². The number of methoxy groups -OCH3 is 1. The zero-order valence-electron chi connectivity index (χ0n) is 8.90. The lowest BCUT2D eigenvalue weighted by Crippen LogP contribution is -1.95. The van der Waals surface area contributed by atoms with Crippen LogP contribution in [0.4, 0.5) is 0 Å². The normalized spacial score (nSPS) is 11.4. The molecule has 0 fully saturated rings. The Hall–Kier alpha value is -2.01. The van der Waals surface area contributed by atoms with Crippen LogP contribution in [0.1, 0.15) is 5.69 Å². The number of H-pyrrole nitrogens is 1. The van der Waals surface area contributed by atoms with Crippen molar-refractivity contribution in [3.8, 4) is 5.75 Å². The van der Waals surface area contributed by atoms with Crippen molar-refractivity contribution in [2.75, 3.05) is 7.11 Å². The zero-order valence-corrected chi connectivity index (χ0v) is 8.90. The molecule has 3 N–H and O–H groups in total. The summed E-state index contributed by atoms with van der Waals surface area (Å²) in [7, 11) is 1.65. The van der Waals surface area contributed by atoms with Gasteiger partial charge in [0.25, 0.3) is 0 Å². The predicted molar refractivity (Wildman–Crippen MR) is 61.5 cm³/mol. The molecule has 0 bridgehead atoms. The Balaban J connectivity index is 2.31. The van der Waals surface area contributed by atoms with E-state index in [2.05, 4.69) is 9.97 Å². The van der Waals surface area contributed by atoms with E-state index in [4.69, 9.17) is 10.5 Å². The molecule has 0 unspecified atom stereocenters. The quantitative estimate of drug-likeness (QED) is 0.678. The molecule has 0 aliphatic carbocycles. The summed E-state index contributed by atoms with van der Waals surface area (Å²) in [6.07, 6.45) is 1.97. The number of hydrogen-bond acceptors (Lipinski definition) is 3. The van der Waals surface area contributed by atoms with Crippen LogP contribution >= 0.6 is 0 Å². The van der Waals surface area contributed by atoms with Crippen LogP contribution in [0.3, 0.4) is 0 Å². The third-order valence-corrected chi connectivity index (χ3v) is 2.67. The third-order valence-electron chi connectivity index (χ3n) is 2.67. The summed E-state index contributed by atoms with van der Waals surface area (Å²) in [5.41, 5.74) is 8.50. The number of aromatic nitrogens is 3. The molecule has 0 saturated carbocycles. The highest BCUT2D eigenvalue weighted by atomic mass is 16.5. The van der Waals surface area contributed by atoms with Crippen LogP contribution in [0.15, 0.2) is 24.4 Å². The molecular weight excluding hydrogens is 204 g/mol. The van der Waals surface area contributed by atoms with Crippen molar-refractivity contribution in [2.24, 2.45) is 5.73 Å². The summed E-state index contributed by atoms with van der Waals surface area (Å²) in [5, 5.41) is 0. The second kappa shape index (κ2) is 3.24. The Bertz CT molecular complexity index is 647. The molecule has 2 heterocycles. The summed E-state index contributed by atoms with van der Waals surface area (Å²) in [5.74, 6) is 1.62. The minimum atomic E-state index is 0.487. The van der Waals surface area contributed by atoms with E-state index in [0.29, 0.717) is 6.54 Å². The standard InChI is InChI=1S/C11H12N4O/c1-16-8-2-3-10-9(4-8)14-11-13-7(5-12)6-15(10)11/h2-4,6H,5,12H2,1H3,(H,13,14). The van der Waals surface area contributed by atoms with E-state index >= 15 is 0 Å². The van der Waals surface area contributed by atoms with E-state index in [1.54, 1.807) is 7.11 Å². The Morgan fingerprint density at radius 1 is 1.50 bits per heavy atom. The van der Waals surface area contributed by atoms with E-state index in [1.807, 2.05) is 28.8 Å². The van der Waals surface area contributed by atoms with E-state index in [-0.39, 0.29) is 0 Å². The molecular formula is C11H12N4O. The van der Waals surface area contributed by atoms with Crippen molar-refractivity contribution in [1.29, 1.82) is 0 Å². The van der Waals surface area contributed by atoms with Crippen LogP contribution < -0.4 is 10.5 Å². The summed E-state index contributed by atoms with van der Waals surface area (Å²) in [6, 6.07) is 5.83. The topological polar surface area (TPSA) is 68.3 Å². The number of benzene rings is 1. The third kappa shape index (κ3) is 1.18. The molecule has 2 aromatic heterocycles. The lowest BCUT2D eigenvalue weighted by Gasteiger charge is -1.97. The maximum absolute atomic E-state index is 5.57. The predicted octanol–water partition coefficient (Wildman–Crippen LogP) is 1.28. The van der Waals surface area contributed by atoms with Crippen LogP contribution in [0.2, 0.25) is 0 Å². The van der Waals surface area contributed by atoms with Gasteiger partial charge < -0.3 is 15.5 Å². The maximum Gasteiger partial charge on any atom is 0.212 e. The second-order valence-electron chi connectivity index (χ2n) is 3.64. The van der Waals surface area contributed by atoms with Gasteiger partial charge in [0.1, 0.15) is 5.75 Å². The van der Waals surface area contributed by atoms with Crippen molar-refractivity contribution >= 4 is 16.8 Å². The minimum Gasteiger partial charge on any atom is -0.497 e. The molecule has 0 atom stereocenters. The van der Waals surface area contributed by atoms with Gasteiger partial charge in [-0.2, -0.15) is 0 Å². The minimum absolute atomic E-state index is 0.487. The average molecular weight is 216 g/mol. The molecule has 5 heteroatoms. The Morgan fingerprint density at radius 3 is 3.12 bits per heavy atom. The number of nitrogens with one attached hydrogen (secondary N) is 1. The van der Waals surface area contributed by atoms with Crippen LogP contribution in [0.25, 0.3) is 16.8 Å². The highest BCUT2D eigenvalue weighted by Gasteiger charge is 2.07. The number of fused-ring (bicyclic) bond motifs is 3. The van der Waals surface area contributed by atoms with Gasteiger partial charge in [0.15, 0.2) is 0 Å². The highest BCUT2D eigenvalue weighted by molar-refractivity contribution is 5.81. The molecule has 5 nitrogen and oxygen atoms in total. The zero-order chi connectivity index (χ0) is 11.1. The summed E-state index contributed by atoms with van der Waals surface area (Å²) in [4.78, 5) is 7.62. The first kappa shape index (κ1) is 9.23. The van der Waals surface area contributed by atoms with Gasteiger partial charge in [-0.05, 0) is 12.1 Å². The fourth-order valence-electron chi connectivity index (χ4n) is 1.86. The van der Waals surface area contributed by atoms with E-state index < -0.39 is 0 Å². The number of aromatic amines is 1. The molecule has 0 amide bonds. The second-order valence-corrected chi connectivity index (χ2v) is 3.64. The number of nitrogens with two attached hydrogens (primary N) is 1. The summed E-state index contributed by atoms with van der Waals surface area (Å²) < 4.78 is 7.16. The van der Waals surface area contributed by atoms with Gasteiger partial charge in [0, 0.05) is 24.5 Å². The molecule has 0 saturated heterocycles. The van der Waals surface area contributed by atoms with Gasteiger partial charge in [-0.25, -0.2) is 4.98 Å². The van der Waals surface area contributed by atoms with Crippen molar-refractivity contribution in [3.05, 3.63) is 30.1 Å². The molecule has 0 aliphatic rings. The summed E-state index contributed by atoms with van der Waals surface area (Å²) >= 11 is 0.